The van der Waals surface area contributed by atoms with Gasteiger partial charge >= 0.3 is 5.97 Å². The summed E-state index contributed by atoms with van der Waals surface area (Å²) in [5, 5.41) is 6.58. The molecule has 3 rings (SSSR count). The topological polar surface area (TPSA) is 90.7 Å². The molecule has 30 heavy (non-hydrogen) atoms. The van der Waals surface area contributed by atoms with Gasteiger partial charge in [0.05, 0.1) is 16.8 Å². The molecule has 0 atom stereocenters. The third-order valence-corrected chi connectivity index (χ3v) is 4.63. The van der Waals surface area contributed by atoms with E-state index < -0.39 is 11.9 Å². The Labute approximate surface area is 175 Å². The number of amides is 1. The highest BCUT2D eigenvalue weighted by atomic mass is 16.5. The van der Waals surface area contributed by atoms with Gasteiger partial charge in [-0.15, -0.1) is 0 Å². The smallest absolute Gasteiger partial charge is 0.338 e. The van der Waals surface area contributed by atoms with Gasteiger partial charge < -0.3 is 19.3 Å². The van der Waals surface area contributed by atoms with Gasteiger partial charge in [0.2, 0.25) is 0 Å². The van der Waals surface area contributed by atoms with Crippen molar-refractivity contribution in [3.05, 3.63) is 76.7 Å². The number of ether oxygens (including phenoxy) is 2. The number of nitrogens with zero attached hydrogens (tertiary/aromatic N) is 1. The van der Waals surface area contributed by atoms with Gasteiger partial charge in [-0.2, -0.15) is 0 Å². The molecule has 0 bridgehead atoms. The maximum Gasteiger partial charge on any atom is 0.338 e. The Morgan fingerprint density at radius 3 is 2.33 bits per heavy atom. The van der Waals surface area contributed by atoms with Crippen molar-refractivity contribution in [1.82, 2.24) is 5.16 Å². The van der Waals surface area contributed by atoms with Gasteiger partial charge in [0.25, 0.3) is 5.91 Å². The van der Waals surface area contributed by atoms with Gasteiger partial charge in [0.1, 0.15) is 18.1 Å². The minimum atomic E-state index is -0.580. The number of carbonyl (C=O) groups excluding carboxylic acids is 2. The van der Waals surface area contributed by atoms with E-state index in [1.807, 2.05) is 38.1 Å². The van der Waals surface area contributed by atoms with E-state index in [2.05, 4.69) is 17.4 Å². The number of hydrogen-bond acceptors (Lipinski definition) is 6. The summed E-state index contributed by atoms with van der Waals surface area (Å²) in [6.45, 7) is 5.70. The van der Waals surface area contributed by atoms with Crippen LogP contribution in [0.4, 0.5) is 5.69 Å². The van der Waals surface area contributed by atoms with Crippen LogP contribution in [-0.4, -0.2) is 23.6 Å². The number of benzene rings is 2. The number of carbonyl (C=O) groups is 2. The van der Waals surface area contributed by atoms with E-state index in [0.29, 0.717) is 29.4 Å². The standard InChI is InChI=1S/C23H24N2O5/c1-4-17-5-9-19(10-6-17)24-22(26)14-29-23(27)18-7-11-20(12-8-18)28-13-21-15(2)25-30-16(21)3/h5-12H,4,13-14H2,1-3H3,(H,24,26). The Bertz CT molecular complexity index is 988. The zero-order chi connectivity index (χ0) is 21.5. The fraction of sp³-hybridized carbons (Fsp3) is 0.261. The number of aromatic nitrogens is 1. The van der Waals surface area contributed by atoms with Gasteiger partial charge in [-0.1, -0.05) is 24.2 Å². The van der Waals surface area contributed by atoms with Crippen molar-refractivity contribution in [2.75, 3.05) is 11.9 Å². The summed E-state index contributed by atoms with van der Waals surface area (Å²) < 4.78 is 15.9. The highest BCUT2D eigenvalue weighted by Crippen LogP contribution is 2.18. The Morgan fingerprint density at radius 1 is 1.03 bits per heavy atom. The van der Waals surface area contributed by atoms with E-state index >= 15 is 0 Å². The summed E-state index contributed by atoms with van der Waals surface area (Å²) in [4.78, 5) is 24.2. The van der Waals surface area contributed by atoms with Crippen molar-refractivity contribution >= 4 is 17.6 Å². The van der Waals surface area contributed by atoms with Gasteiger partial charge in [0, 0.05) is 5.69 Å². The number of hydrogen-bond donors (Lipinski definition) is 1. The van der Waals surface area contributed by atoms with Crippen LogP contribution in [0.3, 0.4) is 0 Å². The second kappa shape index (κ2) is 9.73. The zero-order valence-corrected chi connectivity index (χ0v) is 17.2. The lowest BCUT2D eigenvalue weighted by Crippen LogP contribution is -2.20. The van der Waals surface area contributed by atoms with Crippen LogP contribution < -0.4 is 10.1 Å². The molecule has 156 valence electrons. The van der Waals surface area contributed by atoms with Gasteiger partial charge in [-0.25, -0.2) is 4.79 Å². The first kappa shape index (κ1) is 21.1. The molecule has 3 aromatic rings. The largest absolute Gasteiger partial charge is 0.489 e. The molecule has 0 aliphatic carbocycles. The summed E-state index contributed by atoms with van der Waals surface area (Å²) >= 11 is 0. The monoisotopic (exact) mass is 408 g/mol. The van der Waals surface area contributed by atoms with E-state index in [1.54, 1.807) is 24.3 Å². The van der Waals surface area contributed by atoms with Crippen molar-refractivity contribution in [3.63, 3.8) is 0 Å². The van der Waals surface area contributed by atoms with Crippen LogP contribution in [0.25, 0.3) is 0 Å². The molecule has 1 heterocycles. The first-order valence-electron chi connectivity index (χ1n) is 9.66. The van der Waals surface area contributed by atoms with Crippen molar-refractivity contribution in [3.8, 4) is 5.75 Å². The molecule has 0 saturated heterocycles. The molecule has 1 N–H and O–H groups in total. The van der Waals surface area contributed by atoms with Gasteiger partial charge in [-0.3, -0.25) is 4.79 Å². The molecular formula is C23H24N2O5. The highest BCUT2D eigenvalue weighted by molar-refractivity contribution is 5.95. The molecule has 7 nitrogen and oxygen atoms in total. The van der Waals surface area contributed by atoms with Crippen LogP contribution in [0.5, 0.6) is 5.75 Å². The predicted octanol–water partition coefficient (Wildman–Crippen LogP) is 4.23. The molecule has 0 fully saturated rings. The fourth-order valence-electron chi connectivity index (χ4n) is 2.79. The maximum absolute atomic E-state index is 12.2. The van der Waals surface area contributed by atoms with E-state index in [1.165, 1.54) is 5.56 Å². The van der Waals surface area contributed by atoms with Gasteiger partial charge in [0.15, 0.2) is 6.61 Å². The van der Waals surface area contributed by atoms with Crippen LogP contribution in [0, 0.1) is 13.8 Å². The molecule has 1 aromatic heterocycles. The zero-order valence-electron chi connectivity index (χ0n) is 17.2. The summed E-state index contributed by atoms with van der Waals surface area (Å²) in [6.07, 6.45) is 0.926. The second-order valence-corrected chi connectivity index (χ2v) is 6.79. The molecule has 0 saturated carbocycles. The van der Waals surface area contributed by atoms with Crippen molar-refractivity contribution in [1.29, 1.82) is 0 Å². The normalized spacial score (nSPS) is 10.5. The van der Waals surface area contributed by atoms with Crippen molar-refractivity contribution < 1.29 is 23.6 Å². The molecule has 0 spiro atoms. The lowest BCUT2D eigenvalue weighted by atomic mass is 10.1. The Morgan fingerprint density at radius 2 is 1.73 bits per heavy atom. The van der Waals surface area contributed by atoms with Crippen LogP contribution >= 0.6 is 0 Å². The Kier molecular flexibility index (Phi) is 6.85. The van der Waals surface area contributed by atoms with Crippen molar-refractivity contribution in [2.24, 2.45) is 0 Å². The number of aryl methyl sites for hydroxylation is 3. The number of anilines is 1. The summed E-state index contributed by atoms with van der Waals surface area (Å²) in [6, 6.07) is 14.0. The average Bonchev–Trinajstić information content (AvgIpc) is 3.08. The predicted molar refractivity (Wildman–Crippen MR) is 111 cm³/mol. The SMILES string of the molecule is CCc1ccc(NC(=O)COC(=O)c2ccc(OCc3c(C)noc3C)cc2)cc1. The van der Waals surface area contributed by atoms with Crippen LogP contribution in [0.2, 0.25) is 0 Å². The van der Waals surface area contributed by atoms with E-state index in [4.69, 9.17) is 14.0 Å². The number of esters is 1. The maximum atomic E-state index is 12.2. The minimum absolute atomic E-state index is 0.324. The molecule has 0 aliphatic heterocycles. The Hall–Kier alpha value is -3.61. The lowest BCUT2D eigenvalue weighted by Gasteiger charge is -2.08. The fourth-order valence-corrected chi connectivity index (χ4v) is 2.79. The molecule has 0 aliphatic rings. The minimum Gasteiger partial charge on any atom is -0.489 e. The van der Waals surface area contributed by atoms with E-state index in [-0.39, 0.29) is 6.61 Å². The molecule has 0 radical (unpaired) electrons. The summed E-state index contributed by atoms with van der Waals surface area (Å²) in [5.41, 5.74) is 3.85. The van der Waals surface area contributed by atoms with Gasteiger partial charge in [-0.05, 0) is 62.2 Å². The summed E-state index contributed by atoms with van der Waals surface area (Å²) in [5.74, 6) is 0.336. The highest BCUT2D eigenvalue weighted by Gasteiger charge is 2.12. The third kappa shape index (κ3) is 5.47. The molecule has 7 heteroatoms. The lowest BCUT2D eigenvalue weighted by molar-refractivity contribution is -0.119. The third-order valence-electron chi connectivity index (χ3n) is 4.63. The first-order chi connectivity index (χ1) is 14.5. The number of nitrogens with one attached hydrogen (secondary N) is 1. The molecule has 1 amide bonds. The molecule has 0 unspecified atom stereocenters. The molecule has 2 aromatic carbocycles. The summed E-state index contributed by atoms with van der Waals surface area (Å²) in [7, 11) is 0. The van der Waals surface area contributed by atoms with E-state index in [0.717, 1.165) is 17.7 Å². The molecular weight excluding hydrogens is 384 g/mol. The van der Waals surface area contributed by atoms with Crippen LogP contribution in [-0.2, 0) is 22.6 Å². The Balaban J connectivity index is 1.47. The van der Waals surface area contributed by atoms with Crippen LogP contribution in [0.1, 0.15) is 39.9 Å². The van der Waals surface area contributed by atoms with Crippen molar-refractivity contribution in [2.45, 2.75) is 33.8 Å². The quantitative estimate of drug-likeness (QED) is 0.561. The first-order valence-corrected chi connectivity index (χ1v) is 9.66. The second-order valence-electron chi connectivity index (χ2n) is 6.79. The number of rotatable bonds is 8. The van der Waals surface area contributed by atoms with E-state index in [9.17, 15) is 9.59 Å². The average molecular weight is 408 g/mol. The van der Waals surface area contributed by atoms with Crippen LogP contribution in [0.15, 0.2) is 53.1 Å².